The Hall–Kier alpha value is -1.76. The molecule has 1 aliphatic rings. The Kier molecular flexibility index (Phi) is 2.95. The van der Waals surface area contributed by atoms with Crippen LogP contribution in [0, 0.1) is 12.3 Å². The van der Waals surface area contributed by atoms with Crippen molar-refractivity contribution >= 4 is 5.82 Å². The number of anilines is 1. The molecule has 1 unspecified atom stereocenters. The van der Waals surface area contributed by atoms with Gasteiger partial charge in [0.15, 0.2) is 5.82 Å². The van der Waals surface area contributed by atoms with E-state index < -0.39 is 0 Å². The number of aromatic nitrogens is 2. The molecule has 1 heterocycles. The van der Waals surface area contributed by atoms with Gasteiger partial charge < -0.3 is 9.88 Å². The molecule has 1 atom stereocenters. The van der Waals surface area contributed by atoms with E-state index in [0.29, 0.717) is 11.9 Å². The summed E-state index contributed by atoms with van der Waals surface area (Å²) < 4.78 is 1.73. The van der Waals surface area contributed by atoms with Crippen molar-refractivity contribution in [3.05, 3.63) is 22.7 Å². The molecule has 84 valence electrons. The molecule has 2 rings (SSSR count). The van der Waals surface area contributed by atoms with Crippen LogP contribution in [-0.4, -0.2) is 15.6 Å². The van der Waals surface area contributed by atoms with Gasteiger partial charge >= 0.3 is 0 Å². The average Bonchev–Trinajstić information content (AvgIpc) is 3.12. The molecular formula is C12H15N3O. The summed E-state index contributed by atoms with van der Waals surface area (Å²) in [6.07, 6.45) is 11.7. The van der Waals surface area contributed by atoms with Crippen LogP contribution in [0.3, 0.4) is 0 Å². The zero-order chi connectivity index (χ0) is 11.5. The summed E-state index contributed by atoms with van der Waals surface area (Å²) in [5, 5.41) is 2.99. The van der Waals surface area contributed by atoms with Gasteiger partial charge in [0.1, 0.15) is 0 Å². The van der Waals surface area contributed by atoms with Gasteiger partial charge in [0.2, 0.25) is 0 Å². The van der Waals surface area contributed by atoms with E-state index in [4.69, 9.17) is 6.42 Å². The highest BCUT2D eigenvalue weighted by Gasteiger charge is 2.25. The molecule has 0 aliphatic heterocycles. The van der Waals surface area contributed by atoms with E-state index in [-0.39, 0.29) is 11.6 Å². The van der Waals surface area contributed by atoms with Crippen molar-refractivity contribution in [3.8, 4) is 12.3 Å². The molecule has 1 fully saturated rings. The van der Waals surface area contributed by atoms with Crippen LogP contribution in [0.15, 0.2) is 17.2 Å². The van der Waals surface area contributed by atoms with Gasteiger partial charge in [-0.2, -0.15) is 0 Å². The second-order valence-corrected chi connectivity index (χ2v) is 3.99. The average molecular weight is 217 g/mol. The van der Waals surface area contributed by atoms with E-state index in [1.54, 1.807) is 17.0 Å². The first-order chi connectivity index (χ1) is 7.76. The first-order valence-electron chi connectivity index (χ1n) is 5.56. The number of hydrogen-bond donors (Lipinski definition) is 1. The number of terminal acetylenes is 1. The van der Waals surface area contributed by atoms with E-state index in [1.807, 2.05) is 6.92 Å². The number of nitrogens with one attached hydrogen (secondary N) is 1. The Morgan fingerprint density at radius 2 is 2.50 bits per heavy atom. The van der Waals surface area contributed by atoms with Gasteiger partial charge in [-0.05, 0) is 19.3 Å². The Labute approximate surface area is 94.7 Å². The highest BCUT2D eigenvalue weighted by atomic mass is 16.1. The van der Waals surface area contributed by atoms with E-state index in [2.05, 4.69) is 16.2 Å². The largest absolute Gasteiger partial charge is 0.352 e. The fourth-order valence-electron chi connectivity index (χ4n) is 1.59. The zero-order valence-electron chi connectivity index (χ0n) is 9.31. The molecule has 0 radical (unpaired) electrons. The second-order valence-electron chi connectivity index (χ2n) is 3.99. The topological polar surface area (TPSA) is 46.9 Å². The SMILES string of the molecule is C#CC(CC)Nc1nccn(C2CC2)c1=O. The molecule has 1 N–H and O–H groups in total. The standard InChI is InChI=1S/C12H15N3O/c1-3-9(4-2)14-11-12(16)15(8-7-13-11)10-5-6-10/h1,7-10H,4-6H2,2H3,(H,13,14). The fraction of sp³-hybridized carbons (Fsp3) is 0.500. The molecule has 0 aromatic carbocycles. The highest BCUT2D eigenvalue weighted by Crippen LogP contribution is 2.33. The van der Waals surface area contributed by atoms with Gasteiger partial charge in [-0.15, -0.1) is 6.42 Å². The van der Waals surface area contributed by atoms with E-state index in [0.717, 1.165) is 19.3 Å². The molecule has 4 heteroatoms. The molecule has 0 saturated heterocycles. The molecule has 16 heavy (non-hydrogen) atoms. The molecule has 0 amide bonds. The monoisotopic (exact) mass is 217 g/mol. The summed E-state index contributed by atoms with van der Waals surface area (Å²) in [4.78, 5) is 16.0. The van der Waals surface area contributed by atoms with Crippen molar-refractivity contribution in [3.63, 3.8) is 0 Å². The van der Waals surface area contributed by atoms with Gasteiger partial charge in [0, 0.05) is 18.4 Å². The van der Waals surface area contributed by atoms with Crippen LogP contribution < -0.4 is 10.9 Å². The number of hydrogen-bond acceptors (Lipinski definition) is 3. The lowest BCUT2D eigenvalue weighted by atomic mass is 10.2. The van der Waals surface area contributed by atoms with Gasteiger partial charge in [-0.1, -0.05) is 12.8 Å². The molecule has 0 spiro atoms. The molecule has 1 aromatic rings. The Morgan fingerprint density at radius 1 is 1.75 bits per heavy atom. The molecular weight excluding hydrogens is 202 g/mol. The number of nitrogens with zero attached hydrogens (tertiary/aromatic N) is 2. The minimum Gasteiger partial charge on any atom is -0.352 e. The minimum atomic E-state index is -0.129. The van der Waals surface area contributed by atoms with Gasteiger partial charge in [-0.25, -0.2) is 4.98 Å². The Balaban J connectivity index is 2.24. The van der Waals surface area contributed by atoms with Crippen molar-refractivity contribution in [2.24, 2.45) is 0 Å². The summed E-state index contributed by atoms with van der Waals surface area (Å²) >= 11 is 0. The summed E-state index contributed by atoms with van der Waals surface area (Å²) in [6, 6.07) is 0.234. The van der Waals surface area contributed by atoms with Crippen LogP contribution >= 0.6 is 0 Å². The van der Waals surface area contributed by atoms with Crippen LogP contribution in [0.2, 0.25) is 0 Å². The van der Waals surface area contributed by atoms with Gasteiger partial charge in [-0.3, -0.25) is 4.79 Å². The van der Waals surface area contributed by atoms with Crippen LogP contribution in [0.5, 0.6) is 0 Å². The van der Waals surface area contributed by atoms with Crippen LogP contribution in [0.25, 0.3) is 0 Å². The maximum absolute atomic E-state index is 12.0. The summed E-state index contributed by atoms with van der Waals surface area (Å²) in [5.74, 6) is 2.95. The van der Waals surface area contributed by atoms with E-state index in [9.17, 15) is 4.79 Å². The number of rotatable bonds is 4. The van der Waals surface area contributed by atoms with Crippen molar-refractivity contribution in [1.82, 2.24) is 9.55 Å². The van der Waals surface area contributed by atoms with Crippen molar-refractivity contribution in [2.75, 3.05) is 5.32 Å². The summed E-state index contributed by atoms with van der Waals surface area (Å²) in [6.45, 7) is 1.97. The smallest absolute Gasteiger partial charge is 0.293 e. The quantitative estimate of drug-likeness (QED) is 0.775. The van der Waals surface area contributed by atoms with Crippen molar-refractivity contribution < 1.29 is 0 Å². The van der Waals surface area contributed by atoms with Gasteiger partial charge in [0.25, 0.3) is 5.56 Å². The third-order valence-corrected chi connectivity index (χ3v) is 2.73. The lowest BCUT2D eigenvalue weighted by Crippen LogP contribution is -2.27. The second kappa shape index (κ2) is 4.40. The molecule has 0 bridgehead atoms. The first-order valence-corrected chi connectivity index (χ1v) is 5.56. The van der Waals surface area contributed by atoms with Crippen molar-refractivity contribution in [2.45, 2.75) is 38.3 Å². The molecule has 1 aromatic heterocycles. The maximum atomic E-state index is 12.0. The fourth-order valence-corrected chi connectivity index (χ4v) is 1.59. The Morgan fingerprint density at radius 3 is 3.06 bits per heavy atom. The maximum Gasteiger partial charge on any atom is 0.293 e. The predicted molar refractivity (Wildman–Crippen MR) is 63.3 cm³/mol. The molecule has 1 saturated carbocycles. The zero-order valence-corrected chi connectivity index (χ0v) is 9.31. The van der Waals surface area contributed by atoms with E-state index >= 15 is 0 Å². The summed E-state index contributed by atoms with van der Waals surface area (Å²) in [5.41, 5.74) is -0.0706. The van der Waals surface area contributed by atoms with Crippen LogP contribution in [0.1, 0.15) is 32.2 Å². The third kappa shape index (κ3) is 2.08. The molecule has 4 nitrogen and oxygen atoms in total. The summed E-state index contributed by atoms with van der Waals surface area (Å²) in [7, 11) is 0. The Bertz CT molecular complexity index is 468. The lowest BCUT2D eigenvalue weighted by Gasteiger charge is -2.12. The van der Waals surface area contributed by atoms with Crippen molar-refractivity contribution in [1.29, 1.82) is 0 Å². The predicted octanol–water partition coefficient (Wildman–Crippen LogP) is 1.40. The van der Waals surface area contributed by atoms with E-state index in [1.165, 1.54) is 0 Å². The highest BCUT2D eigenvalue weighted by molar-refractivity contribution is 5.35. The minimum absolute atomic E-state index is 0.0706. The lowest BCUT2D eigenvalue weighted by molar-refractivity contribution is 0.696. The van der Waals surface area contributed by atoms with Crippen LogP contribution in [-0.2, 0) is 0 Å². The normalized spacial score (nSPS) is 16.5. The third-order valence-electron chi connectivity index (χ3n) is 2.73. The first kappa shape index (κ1) is 10.7. The van der Waals surface area contributed by atoms with Gasteiger partial charge in [0.05, 0.1) is 6.04 Å². The molecule has 1 aliphatic carbocycles. The van der Waals surface area contributed by atoms with Crippen LogP contribution in [0.4, 0.5) is 5.82 Å².